The number of hydrogen-bond donors (Lipinski definition) is 1. The Hall–Kier alpha value is -4.19. The minimum atomic E-state index is -0.215. The number of aryl methyl sites for hydroxylation is 2. The topological polar surface area (TPSA) is 73.2 Å². The summed E-state index contributed by atoms with van der Waals surface area (Å²) in [7, 11) is 3.41. The number of benzene rings is 3. The van der Waals surface area contributed by atoms with E-state index in [1.54, 1.807) is 42.3 Å². The van der Waals surface area contributed by atoms with Gasteiger partial charge in [0.25, 0.3) is 5.91 Å². The molecule has 33 heavy (non-hydrogen) atoms. The lowest BCUT2D eigenvalue weighted by molar-refractivity contribution is 0.0986. The predicted molar refractivity (Wildman–Crippen MR) is 129 cm³/mol. The van der Waals surface area contributed by atoms with Gasteiger partial charge in [-0.1, -0.05) is 30.3 Å². The zero-order valence-electron chi connectivity index (χ0n) is 18.8. The van der Waals surface area contributed by atoms with Crippen LogP contribution in [0.3, 0.4) is 0 Å². The molecule has 0 saturated heterocycles. The number of aromatic nitrogens is 2. The Balaban J connectivity index is 1.51. The van der Waals surface area contributed by atoms with Crippen LogP contribution in [0.5, 0.6) is 5.75 Å². The fourth-order valence-electron chi connectivity index (χ4n) is 3.70. The highest BCUT2D eigenvalue weighted by molar-refractivity contribution is 6.05. The number of methoxy groups -OCH3 is 1. The van der Waals surface area contributed by atoms with Crippen molar-refractivity contribution in [3.63, 3.8) is 0 Å². The number of carbonyl (C=O) groups is 2. The van der Waals surface area contributed by atoms with E-state index in [-0.39, 0.29) is 18.1 Å². The molecule has 1 N–H and O–H groups in total. The summed E-state index contributed by atoms with van der Waals surface area (Å²) in [6, 6.07) is 20.3. The van der Waals surface area contributed by atoms with Crippen molar-refractivity contribution < 1.29 is 14.3 Å². The number of amides is 1. The Morgan fingerprint density at radius 1 is 1.00 bits per heavy atom. The van der Waals surface area contributed by atoms with Gasteiger partial charge in [0.2, 0.25) is 0 Å². The summed E-state index contributed by atoms with van der Waals surface area (Å²) in [6.07, 6.45) is 3.83. The molecule has 0 fully saturated rings. The van der Waals surface area contributed by atoms with Crippen LogP contribution in [-0.4, -0.2) is 28.6 Å². The molecule has 0 atom stereocenters. The van der Waals surface area contributed by atoms with Crippen LogP contribution < -0.4 is 10.1 Å². The van der Waals surface area contributed by atoms with Gasteiger partial charge in [-0.05, 0) is 60.0 Å². The van der Waals surface area contributed by atoms with Gasteiger partial charge >= 0.3 is 0 Å². The maximum atomic E-state index is 13.1. The number of Topliss-reactive ketones (excluding diaryl/α,β-unsaturated/α-hetero) is 1. The Bertz CT molecular complexity index is 1320. The monoisotopic (exact) mass is 439 g/mol. The van der Waals surface area contributed by atoms with Gasteiger partial charge in [-0.25, -0.2) is 0 Å². The molecule has 0 spiro atoms. The first-order valence-electron chi connectivity index (χ1n) is 10.6. The lowest BCUT2D eigenvalue weighted by Gasteiger charge is -2.11. The summed E-state index contributed by atoms with van der Waals surface area (Å²) >= 11 is 0. The summed E-state index contributed by atoms with van der Waals surface area (Å²) in [4.78, 5) is 25.7. The molecule has 4 rings (SSSR count). The van der Waals surface area contributed by atoms with Gasteiger partial charge in [-0.3, -0.25) is 14.3 Å². The van der Waals surface area contributed by atoms with Gasteiger partial charge in [-0.15, -0.1) is 0 Å². The largest absolute Gasteiger partial charge is 0.496 e. The van der Waals surface area contributed by atoms with Crippen molar-refractivity contribution in [2.75, 3.05) is 12.4 Å². The number of nitrogens with one attached hydrogen (secondary N) is 1. The van der Waals surface area contributed by atoms with Gasteiger partial charge in [0, 0.05) is 36.5 Å². The number of rotatable bonds is 7. The Labute approximate surface area is 192 Å². The van der Waals surface area contributed by atoms with Gasteiger partial charge < -0.3 is 10.1 Å². The summed E-state index contributed by atoms with van der Waals surface area (Å²) in [5.41, 5.74) is 5.43. The van der Waals surface area contributed by atoms with E-state index in [0.29, 0.717) is 16.9 Å². The highest BCUT2D eigenvalue weighted by Gasteiger charge is 2.16. The molecule has 1 heterocycles. The lowest BCUT2D eigenvalue weighted by atomic mass is 9.98. The van der Waals surface area contributed by atoms with Crippen molar-refractivity contribution >= 4 is 17.4 Å². The van der Waals surface area contributed by atoms with Gasteiger partial charge in [0.05, 0.1) is 18.9 Å². The fraction of sp³-hybridized carbons (Fsp3) is 0.148. The number of hydrogen-bond acceptors (Lipinski definition) is 4. The number of ketones is 1. The SMILES string of the molecule is COc1cc(-c2cnn(C)c2)ccc1C(=O)Cc1cccc(C(=O)Nc2cccc(C)c2)c1. The molecule has 0 aliphatic heterocycles. The third kappa shape index (κ3) is 5.18. The van der Waals surface area contributed by atoms with Crippen molar-refractivity contribution in [3.8, 4) is 16.9 Å². The maximum Gasteiger partial charge on any atom is 0.255 e. The molecule has 0 saturated carbocycles. The quantitative estimate of drug-likeness (QED) is 0.408. The molecule has 0 radical (unpaired) electrons. The first-order valence-corrected chi connectivity index (χ1v) is 10.6. The maximum absolute atomic E-state index is 13.1. The summed E-state index contributed by atoms with van der Waals surface area (Å²) in [5.74, 6) is 0.212. The highest BCUT2D eigenvalue weighted by Crippen LogP contribution is 2.28. The molecule has 4 aromatic rings. The molecule has 0 aliphatic carbocycles. The van der Waals surface area contributed by atoms with E-state index in [1.165, 1.54) is 0 Å². The van der Waals surface area contributed by atoms with Crippen molar-refractivity contribution in [1.82, 2.24) is 9.78 Å². The van der Waals surface area contributed by atoms with E-state index in [4.69, 9.17) is 4.74 Å². The predicted octanol–water partition coefficient (Wildman–Crippen LogP) is 5.08. The van der Waals surface area contributed by atoms with Crippen molar-refractivity contribution in [1.29, 1.82) is 0 Å². The van der Waals surface area contributed by atoms with Crippen LogP contribution in [0.4, 0.5) is 5.69 Å². The van der Waals surface area contributed by atoms with Crippen LogP contribution in [0.1, 0.15) is 31.8 Å². The Kier molecular flexibility index (Phi) is 6.36. The zero-order valence-corrected chi connectivity index (χ0v) is 18.8. The minimum absolute atomic E-state index is 0.0826. The number of carbonyl (C=O) groups excluding carboxylic acids is 2. The van der Waals surface area contributed by atoms with Crippen LogP contribution in [-0.2, 0) is 13.5 Å². The molecule has 1 aromatic heterocycles. The number of ether oxygens (including phenoxy) is 1. The van der Waals surface area contributed by atoms with Crippen LogP contribution >= 0.6 is 0 Å². The van der Waals surface area contributed by atoms with E-state index >= 15 is 0 Å². The molecule has 166 valence electrons. The van der Waals surface area contributed by atoms with Gasteiger partial charge in [0.15, 0.2) is 5.78 Å². The first-order chi connectivity index (χ1) is 15.9. The van der Waals surface area contributed by atoms with Gasteiger partial charge in [0.1, 0.15) is 5.75 Å². The summed E-state index contributed by atoms with van der Waals surface area (Å²) in [5, 5.41) is 7.09. The molecular formula is C27H25N3O3. The summed E-state index contributed by atoms with van der Waals surface area (Å²) < 4.78 is 7.22. The second kappa shape index (κ2) is 9.53. The first kappa shape index (κ1) is 22.0. The number of anilines is 1. The van der Waals surface area contributed by atoms with E-state index in [1.807, 2.05) is 62.6 Å². The smallest absolute Gasteiger partial charge is 0.255 e. The van der Waals surface area contributed by atoms with Crippen molar-refractivity contribution in [3.05, 3.63) is 101 Å². The molecule has 6 nitrogen and oxygen atoms in total. The van der Waals surface area contributed by atoms with E-state index in [9.17, 15) is 9.59 Å². The van der Waals surface area contributed by atoms with Crippen LogP contribution in [0.2, 0.25) is 0 Å². The highest BCUT2D eigenvalue weighted by atomic mass is 16.5. The molecule has 0 unspecified atom stereocenters. The normalized spacial score (nSPS) is 10.6. The van der Waals surface area contributed by atoms with E-state index in [0.717, 1.165) is 27.9 Å². The Morgan fingerprint density at radius 3 is 2.55 bits per heavy atom. The second-order valence-corrected chi connectivity index (χ2v) is 7.94. The average molecular weight is 440 g/mol. The van der Waals surface area contributed by atoms with Gasteiger partial charge in [-0.2, -0.15) is 5.10 Å². The minimum Gasteiger partial charge on any atom is -0.496 e. The zero-order chi connectivity index (χ0) is 23.4. The molecule has 3 aromatic carbocycles. The second-order valence-electron chi connectivity index (χ2n) is 7.94. The molecule has 1 amide bonds. The number of nitrogens with zero attached hydrogens (tertiary/aromatic N) is 2. The molecular weight excluding hydrogens is 414 g/mol. The van der Waals surface area contributed by atoms with Crippen molar-refractivity contribution in [2.45, 2.75) is 13.3 Å². The van der Waals surface area contributed by atoms with E-state index in [2.05, 4.69) is 10.4 Å². The third-order valence-corrected chi connectivity index (χ3v) is 5.37. The van der Waals surface area contributed by atoms with Crippen LogP contribution in [0.25, 0.3) is 11.1 Å². The van der Waals surface area contributed by atoms with E-state index < -0.39 is 0 Å². The average Bonchev–Trinajstić information content (AvgIpc) is 3.25. The fourth-order valence-corrected chi connectivity index (χ4v) is 3.70. The van der Waals surface area contributed by atoms with Crippen LogP contribution in [0, 0.1) is 6.92 Å². The van der Waals surface area contributed by atoms with Crippen molar-refractivity contribution in [2.24, 2.45) is 7.05 Å². The standard InChI is InChI=1S/C27H25N3O3/c1-18-6-4-9-23(12-18)29-27(32)21-8-5-7-19(13-21)14-25(31)24-11-10-20(15-26(24)33-3)22-16-28-30(2)17-22/h4-13,15-17H,14H2,1-3H3,(H,29,32). The molecule has 0 bridgehead atoms. The molecule has 0 aliphatic rings. The molecule has 6 heteroatoms. The lowest BCUT2D eigenvalue weighted by Crippen LogP contribution is -2.13. The summed E-state index contributed by atoms with van der Waals surface area (Å²) in [6.45, 7) is 1.97. The third-order valence-electron chi connectivity index (χ3n) is 5.37. The van der Waals surface area contributed by atoms with Crippen LogP contribution in [0.15, 0.2) is 79.1 Å². The Morgan fingerprint density at radius 2 is 1.82 bits per heavy atom.